The molecule has 0 amide bonds. The highest BCUT2D eigenvalue weighted by Crippen LogP contribution is 2.56. The van der Waals surface area contributed by atoms with Crippen molar-refractivity contribution < 1.29 is 41.2 Å². The molecule has 176 valence electrons. The Labute approximate surface area is 183 Å². The minimum atomic E-state index is -4.37. The number of rotatable bonds is 5. The van der Waals surface area contributed by atoms with Crippen LogP contribution >= 0.6 is 7.82 Å². The molecule has 4 heterocycles. The second kappa shape index (κ2) is 7.92. The fourth-order valence-electron chi connectivity index (χ4n) is 3.67. The summed E-state index contributed by atoms with van der Waals surface area (Å²) < 4.78 is 78.0. The third kappa shape index (κ3) is 3.54. The van der Waals surface area contributed by atoms with Gasteiger partial charge in [0.2, 0.25) is 0 Å². The number of aromatic nitrogens is 4. The molecule has 1 saturated heterocycles. The highest BCUT2D eigenvalue weighted by molar-refractivity contribution is 7.49. The van der Waals surface area contributed by atoms with Crippen LogP contribution in [0.15, 0.2) is 36.9 Å². The van der Waals surface area contributed by atoms with Crippen molar-refractivity contribution in [1.29, 1.82) is 0 Å². The van der Waals surface area contributed by atoms with Gasteiger partial charge in [0.1, 0.15) is 23.7 Å². The monoisotopic (exact) mass is 487 g/mol. The first kappa shape index (κ1) is 22.0. The molecule has 1 fully saturated rings. The van der Waals surface area contributed by atoms with E-state index in [2.05, 4.69) is 15.0 Å². The van der Waals surface area contributed by atoms with Crippen LogP contribution in [-0.4, -0.2) is 55.5 Å². The Balaban J connectivity index is 1.42. The topological polar surface area (TPSA) is 144 Å². The highest BCUT2D eigenvalue weighted by Gasteiger charge is 2.63. The normalized spacial score (nSPS) is 31.6. The van der Waals surface area contributed by atoms with Crippen molar-refractivity contribution >= 4 is 24.8 Å². The van der Waals surface area contributed by atoms with E-state index in [1.54, 1.807) is 18.2 Å². The molecule has 33 heavy (non-hydrogen) atoms. The average Bonchev–Trinajstić information content (AvgIpc) is 3.33. The summed E-state index contributed by atoms with van der Waals surface area (Å²) in [5.41, 5.74) is 3.44. The molecular formula is C18H17F3N5O6P. The van der Waals surface area contributed by atoms with E-state index in [1.165, 1.54) is 6.07 Å². The van der Waals surface area contributed by atoms with Gasteiger partial charge >= 0.3 is 7.82 Å². The fraction of sp³-hybridized carbons (Fsp3) is 0.389. The molecule has 2 aliphatic rings. The van der Waals surface area contributed by atoms with E-state index in [0.717, 1.165) is 17.2 Å². The van der Waals surface area contributed by atoms with Crippen molar-refractivity contribution in [3.63, 3.8) is 0 Å². The molecule has 3 N–H and O–H groups in total. The van der Waals surface area contributed by atoms with Crippen LogP contribution in [-0.2, 0) is 25.0 Å². The Kier molecular flexibility index (Phi) is 5.29. The van der Waals surface area contributed by atoms with E-state index in [0.29, 0.717) is 5.56 Å². The zero-order valence-corrected chi connectivity index (χ0v) is 17.5. The Hall–Kier alpha value is -2.77. The number of hydrogen-bond donors (Lipinski definition) is 2. The van der Waals surface area contributed by atoms with Crippen molar-refractivity contribution in [2.24, 2.45) is 0 Å². The van der Waals surface area contributed by atoms with Crippen molar-refractivity contribution in [1.82, 2.24) is 19.5 Å². The lowest BCUT2D eigenvalue weighted by molar-refractivity contribution is -0.183. The molecule has 0 saturated carbocycles. The number of alkyl halides is 3. The Morgan fingerprint density at radius 2 is 2.12 bits per heavy atom. The minimum absolute atomic E-state index is 0.00327. The number of benzene rings is 1. The number of halogens is 3. The molecule has 5 atom stereocenters. The molecule has 0 aliphatic carbocycles. The van der Waals surface area contributed by atoms with Gasteiger partial charge in [-0.1, -0.05) is 18.2 Å². The summed E-state index contributed by atoms with van der Waals surface area (Å²) in [4.78, 5) is 11.7. The predicted octanol–water partition coefficient (Wildman–Crippen LogP) is 2.37. The summed E-state index contributed by atoms with van der Waals surface area (Å²) in [6.07, 6.45) is -7.65. The highest BCUT2D eigenvalue weighted by atomic mass is 31.2. The summed E-state index contributed by atoms with van der Waals surface area (Å²) in [6, 6.07) is 6.47. The van der Waals surface area contributed by atoms with E-state index in [9.17, 15) is 18.5 Å². The summed E-state index contributed by atoms with van der Waals surface area (Å²) in [6.45, 7) is -1.40. The predicted molar refractivity (Wildman–Crippen MR) is 105 cm³/mol. The lowest BCUT2D eigenvalue weighted by Gasteiger charge is -2.32. The molecule has 3 aromatic rings. The molecule has 2 aromatic heterocycles. The van der Waals surface area contributed by atoms with Gasteiger partial charge in [-0.05, 0) is 6.07 Å². The third-order valence-corrected chi connectivity index (χ3v) is 6.75. The van der Waals surface area contributed by atoms with Gasteiger partial charge in [-0.3, -0.25) is 13.6 Å². The molecule has 5 rings (SSSR count). The fourth-order valence-corrected chi connectivity index (χ4v) is 4.93. The molecule has 0 bridgehead atoms. The first-order valence-electron chi connectivity index (χ1n) is 9.62. The van der Waals surface area contributed by atoms with Gasteiger partial charge in [0, 0.05) is 5.56 Å². The maximum Gasteiger partial charge on any atom is 0.530 e. The van der Waals surface area contributed by atoms with Crippen LogP contribution in [0.5, 0.6) is 5.75 Å². The number of ether oxygens (including phenoxy) is 1. The summed E-state index contributed by atoms with van der Waals surface area (Å²) in [5.74, 6) is 0.179. The summed E-state index contributed by atoms with van der Waals surface area (Å²) in [7, 11) is -4.37. The zero-order valence-electron chi connectivity index (χ0n) is 16.6. The number of phosphoric ester groups is 1. The van der Waals surface area contributed by atoms with Crippen LogP contribution in [0.2, 0.25) is 0 Å². The maximum atomic E-state index is 15.1. The number of nitrogens with two attached hydrogens (primary N) is 1. The van der Waals surface area contributed by atoms with E-state index in [1.807, 2.05) is 0 Å². The third-order valence-electron chi connectivity index (χ3n) is 5.44. The van der Waals surface area contributed by atoms with E-state index in [4.69, 9.17) is 24.0 Å². The quantitative estimate of drug-likeness (QED) is 0.515. The maximum absolute atomic E-state index is 15.1. The Morgan fingerprint density at radius 3 is 2.91 bits per heavy atom. The SMILES string of the molecule is Nc1ncnc2c1ncn2[C@@H]1O[C@@](COP2(=O)OCc3ccccc3O2)(C(F)F)[C@H](F)[C@H]1O. The second-order valence-electron chi connectivity index (χ2n) is 7.43. The zero-order chi connectivity index (χ0) is 23.4. The van der Waals surface area contributed by atoms with Crippen LogP contribution in [0, 0.1) is 0 Å². The van der Waals surface area contributed by atoms with Crippen molar-refractivity contribution in [3.8, 4) is 5.75 Å². The number of nitrogens with zero attached hydrogens (tertiary/aromatic N) is 4. The van der Waals surface area contributed by atoms with Gasteiger partial charge in [0.15, 0.2) is 29.5 Å². The number of aliphatic hydroxyl groups is 1. The molecule has 1 unspecified atom stereocenters. The standard InChI is InChI=1S/C18H17F3N5O6P/c19-13-12(27)16(26-8-25-11-14(22)23-7-24-15(11)26)31-18(13,17(20)21)6-30-33(28)29-5-9-3-1-2-4-10(9)32-33/h1-4,7-8,12-13,16-17,27H,5-6H2,(H2,22,23,24)/t12-,13-,16-,18-,33?/m1/s1. The number of phosphoric acid groups is 1. The van der Waals surface area contributed by atoms with Crippen LogP contribution in [0.3, 0.4) is 0 Å². The second-order valence-corrected chi connectivity index (χ2v) is 9.03. The number of para-hydroxylation sites is 1. The van der Waals surface area contributed by atoms with Gasteiger partial charge in [-0.2, -0.15) is 0 Å². The number of imidazole rings is 1. The molecule has 11 nitrogen and oxygen atoms in total. The first-order chi connectivity index (χ1) is 15.7. The number of aliphatic hydroxyl groups excluding tert-OH is 1. The number of nitrogen functional groups attached to an aromatic ring is 1. The van der Waals surface area contributed by atoms with Crippen LogP contribution in [0.1, 0.15) is 11.8 Å². The Morgan fingerprint density at radius 1 is 1.33 bits per heavy atom. The number of hydrogen-bond acceptors (Lipinski definition) is 10. The van der Waals surface area contributed by atoms with Crippen LogP contribution in [0.25, 0.3) is 11.2 Å². The molecule has 1 aromatic carbocycles. The number of fused-ring (bicyclic) bond motifs is 2. The van der Waals surface area contributed by atoms with Gasteiger partial charge in [0.05, 0.1) is 19.5 Å². The molecule has 0 radical (unpaired) electrons. The van der Waals surface area contributed by atoms with Gasteiger partial charge in [-0.25, -0.2) is 32.7 Å². The van der Waals surface area contributed by atoms with E-state index >= 15 is 4.39 Å². The molecule has 2 aliphatic heterocycles. The lowest BCUT2D eigenvalue weighted by atomic mass is 9.98. The summed E-state index contributed by atoms with van der Waals surface area (Å²) in [5, 5.41) is 10.4. The van der Waals surface area contributed by atoms with Crippen molar-refractivity contribution in [2.75, 3.05) is 12.3 Å². The molecular weight excluding hydrogens is 470 g/mol. The van der Waals surface area contributed by atoms with Gasteiger partial charge in [0.25, 0.3) is 6.43 Å². The first-order valence-corrected chi connectivity index (χ1v) is 11.1. The average molecular weight is 487 g/mol. The van der Waals surface area contributed by atoms with Crippen molar-refractivity contribution in [3.05, 3.63) is 42.5 Å². The van der Waals surface area contributed by atoms with E-state index in [-0.39, 0.29) is 29.3 Å². The number of anilines is 1. The largest absolute Gasteiger partial charge is 0.530 e. The molecule has 15 heteroatoms. The van der Waals surface area contributed by atoms with Crippen LogP contribution < -0.4 is 10.3 Å². The molecule has 0 spiro atoms. The minimum Gasteiger partial charge on any atom is -0.404 e. The van der Waals surface area contributed by atoms with Gasteiger partial charge in [-0.15, -0.1) is 0 Å². The summed E-state index contributed by atoms with van der Waals surface area (Å²) >= 11 is 0. The van der Waals surface area contributed by atoms with Gasteiger partial charge < -0.3 is 20.1 Å². The lowest BCUT2D eigenvalue weighted by Crippen LogP contribution is -2.50. The smallest absolute Gasteiger partial charge is 0.404 e. The van der Waals surface area contributed by atoms with Crippen LogP contribution in [0.4, 0.5) is 19.0 Å². The van der Waals surface area contributed by atoms with Crippen molar-refractivity contribution in [2.45, 2.75) is 37.1 Å². The Bertz CT molecular complexity index is 1250. The van der Waals surface area contributed by atoms with E-state index < -0.39 is 45.0 Å².